The summed E-state index contributed by atoms with van der Waals surface area (Å²) in [5, 5.41) is 12.0. The van der Waals surface area contributed by atoms with Crippen molar-refractivity contribution < 1.29 is 4.79 Å². The predicted octanol–water partition coefficient (Wildman–Crippen LogP) is 4.12. The topological polar surface area (TPSA) is 78.9 Å². The molecule has 0 aromatic heterocycles. The van der Waals surface area contributed by atoms with Gasteiger partial charge in [0.1, 0.15) is 0 Å². The monoisotopic (exact) mass is 363 g/mol. The molecule has 21 heavy (non-hydrogen) atoms. The van der Waals surface area contributed by atoms with Crippen LogP contribution in [0.25, 0.3) is 0 Å². The van der Waals surface area contributed by atoms with Crippen molar-refractivity contribution in [2.45, 2.75) is 6.92 Å². The van der Waals surface area contributed by atoms with E-state index in [0.29, 0.717) is 37.6 Å². The fourth-order valence-electron chi connectivity index (χ4n) is 1.82. The summed E-state index contributed by atoms with van der Waals surface area (Å²) >= 11 is 9.34. The number of hydrogen-bond acceptors (Lipinski definition) is 3. The number of carbonyl (C=O) groups is 1. The highest BCUT2D eigenvalue weighted by Gasteiger charge is 2.14. The highest BCUT2D eigenvalue weighted by atomic mass is 79.9. The molecule has 0 aliphatic rings. The Balaban J connectivity index is 2.37. The molecule has 0 fully saturated rings. The average Bonchev–Trinajstić information content (AvgIpc) is 2.45. The second-order valence-corrected chi connectivity index (χ2v) is 5.75. The van der Waals surface area contributed by atoms with Crippen LogP contribution >= 0.6 is 27.5 Å². The van der Waals surface area contributed by atoms with Crippen molar-refractivity contribution in [2.24, 2.45) is 0 Å². The number of carbonyl (C=O) groups excluding carboxylic acids is 1. The molecular formula is C15H11BrClN3O. The van der Waals surface area contributed by atoms with Crippen molar-refractivity contribution in [3.63, 3.8) is 0 Å². The standard InChI is InChI=1S/C15H11BrClN3O/c1-8-11(5-10(16)6-13(8)19)15(21)20-14-4-9(7-18)2-3-12(14)17/h2-6H,19H2,1H3,(H,20,21). The van der Waals surface area contributed by atoms with E-state index in [4.69, 9.17) is 22.6 Å². The molecule has 1 amide bonds. The molecule has 0 saturated heterocycles. The summed E-state index contributed by atoms with van der Waals surface area (Å²) in [6, 6.07) is 10.1. The summed E-state index contributed by atoms with van der Waals surface area (Å²) in [4.78, 5) is 12.4. The highest BCUT2D eigenvalue weighted by Crippen LogP contribution is 2.26. The Bertz CT molecular complexity index is 768. The molecule has 0 radical (unpaired) electrons. The molecule has 0 aliphatic heterocycles. The van der Waals surface area contributed by atoms with E-state index in [9.17, 15) is 4.79 Å². The molecule has 106 valence electrons. The number of hydrogen-bond donors (Lipinski definition) is 2. The minimum atomic E-state index is -0.336. The number of rotatable bonds is 2. The molecule has 0 bridgehead atoms. The van der Waals surface area contributed by atoms with Gasteiger partial charge in [0.25, 0.3) is 5.91 Å². The van der Waals surface area contributed by atoms with Gasteiger partial charge in [-0.1, -0.05) is 27.5 Å². The summed E-state index contributed by atoms with van der Waals surface area (Å²) in [6.45, 7) is 1.77. The lowest BCUT2D eigenvalue weighted by Crippen LogP contribution is -2.14. The second-order valence-electron chi connectivity index (χ2n) is 4.43. The van der Waals surface area contributed by atoms with E-state index in [1.54, 1.807) is 31.2 Å². The minimum absolute atomic E-state index is 0.336. The average molecular weight is 365 g/mol. The smallest absolute Gasteiger partial charge is 0.256 e. The molecule has 0 saturated carbocycles. The fraction of sp³-hybridized carbons (Fsp3) is 0.0667. The van der Waals surface area contributed by atoms with Gasteiger partial charge in [0.15, 0.2) is 0 Å². The van der Waals surface area contributed by atoms with Crippen LogP contribution in [-0.4, -0.2) is 5.91 Å². The third-order valence-corrected chi connectivity index (χ3v) is 3.79. The molecule has 2 aromatic rings. The zero-order chi connectivity index (χ0) is 15.6. The maximum absolute atomic E-state index is 12.4. The maximum Gasteiger partial charge on any atom is 0.256 e. The van der Waals surface area contributed by atoms with Crippen LogP contribution in [0.1, 0.15) is 21.5 Å². The normalized spacial score (nSPS) is 10.0. The third-order valence-electron chi connectivity index (χ3n) is 3.00. The van der Waals surface area contributed by atoms with Gasteiger partial charge >= 0.3 is 0 Å². The van der Waals surface area contributed by atoms with Crippen LogP contribution in [-0.2, 0) is 0 Å². The number of nitrogen functional groups attached to an aromatic ring is 1. The number of nitriles is 1. The first kappa shape index (κ1) is 15.4. The van der Waals surface area contributed by atoms with Gasteiger partial charge in [-0.2, -0.15) is 5.26 Å². The Morgan fingerprint density at radius 1 is 1.38 bits per heavy atom. The van der Waals surface area contributed by atoms with E-state index in [-0.39, 0.29) is 5.91 Å². The van der Waals surface area contributed by atoms with Crippen LogP contribution in [0.5, 0.6) is 0 Å². The lowest BCUT2D eigenvalue weighted by atomic mass is 10.1. The first-order valence-corrected chi connectivity index (χ1v) is 7.16. The summed E-state index contributed by atoms with van der Waals surface area (Å²) in [5.74, 6) is -0.336. The molecule has 3 N–H and O–H groups in total. The SMILES string of the molecule is Cc1c(N)cc(Br)cc1C(=O)Nc1cc(C#N)ccc1Cl. The number of nitrogens with one attached hydrogen (secondary N) is 1. The van der Waals surface area contributed by atoms with Gasteiger partial charge in [-0.15, -0.1) is 0 Å². The van der Waals surface area contributed by atoms with Crippen molar-refractivity contribution in [1.29, 1.82) is 5.26 Å². The number of amides is 1. The Kier molecular flexibility index (Phi) is 4.51. The molecule has 0 heterocycles. The predicted molar refractivity (Wildman–Crippen MR) is 87.4 cm³/mol. The molecule has 2 aromatic carbocycles. The van der Waals surface area contributed by atoms with Crippen LogP contribution in [0, 0.1) is 18.3 Å². The maximum atomic E-state index is 12.4. The number of nitrogens with zero attached hydrogens (tertiary/aromatic N) is 1. The van der Waals surface area contributed by atoms with Crippen LogP contribution in [0.3, 0.4) is 0 Å². The largest absolute Gasteiger partial charge is 0.398 e. The Hall–Kier alpha value is -2.03. The van der Waals surface area contributed by atoms with Gasteiger partial charge in [0.05, 0.1) is 22.3 Å². The zero-order valence-electron chi connectivity index (χ0n) is 11.1. The zero-order valence-corrected chi connectivity index (χ0v) is 13.4. The number of nitrogens with two attached hydrogens (primary N) is 1. The van der Waals surface area contributed by atoms with Gasteiger partial charge < -0.3 is 11.1 Å². The quantitative estimate of drug-likeness (QED) is 0.787. The van der Waals surface area contributed by atoms with E-state index < -0.39 is 0 Å². The summed E-state index contributed by atoms with van der Waals surface area (Å²) in [5.41, 5.74) is 8.30. The number of halogens is 2. The lowest BCUT2D eigenvalue weighted by molar-refractivity contribution is 0.102. The van der Waals surface area contributed by atoms with Gasteiger partial charge in [-0.3, -0.25) is 4.79 Å². The van der Waals surface area contributed by atoms with E-state index >= 15 is 0 Å². The van der Waals surface area contributed by atoms with Gasteiger partial charge in [-0.05, 0) is 42.8 Å². The fourth-order valence-corrected chi connectivity index (χ4v) is 2.46. The van der Waals surface area contributed by atoms with E-state index in [2.05, 4.69) is 21.2 Å². The van der Waals surface area contributed by atoms with Crippen molar-refractivity contribution >= 4 is 44.8 Å². The van der Waals surface area contributed by atoms with E-state index in [1.807, 2.05) is 6.07 Å². The van der Waals surface area contributed by atoms with Crippen LogP contribution in [0.4, 0.5) is 11.4 Å². The lowest BCUT2D eigenvalue weighted by Gasteiger charge is -2.11. The molecular weight excluding hydrogens is 354 g/mol. The van der Waals surface area contributed by atoms with Gasteiger partial charge in [0, 0.05) is 15.7 Å². The Morgan fingerprint density at radius 3 is 2.76 bits per heavy atom. The number of benzene rings is 2. The number of anilines is 2. The van der Waals surface area contributed by atoms with Crippen LogP contribution in [0.2, 0.25) is 5.02 Å². The van der Waals surface area contributed by atoms with Crippen LogP contribution < -0.4 is 11.1 Å². The summed E-state index contributed by atoms with van der Waals surface area (Å²) in [6.07, 6.45) is 0. The third kappa shape index (κ3) is 3.35. The molecule has 0 unspecified atom stereocenters. The molecule has 0 spiro atoms. The second kappa shape index (κ2) is 6.17. The Labute approximate surface area is 135 Å². The van der Waals surface area contributed by atoms with E-state index in [1.165, 1.54) is 6.07 Å². The molecule has 2 rings (SSSR count). The first-order valence-electron chi connectivity index (χ1n) is 5.99. The molecule has 0 aliphatic carbocycles. The molecule has 6 heteroatoms. The van der Waals surface area contributed by atoms with Crippen molar-refractivity contribution in [2.75, 3.05) is 11.1 Å². The molecule has 0 atom stereocenters. The minimum Gasteiger partial charge on any atom is -0.398 e. The summed E-state index contributed by atoms with van der Waals surface area (Å²) < 4.78 is 0.715. The Morgan fingerprint density at radius 2 is 2.10 bits per heavy atom. The van der Waals surface area contributed by atoms with Crippen LogP contribution in [0.15, 0.2) is 34.8 Å². The summed E-state index contributed by atoms with van der Waals surface area (Å²) in [7, 11) is 0. The first-order chi connectivity index (χ1) is 9.92. The van der Waals surface area contributed by atoms with Gasteiger partial charge in [0.2, 0.25) is 0 Å². The van der Waals surface area contributed by atoms with Gasteiger partial charge in [-0.25, -0.2) is 0 Å². The van der Waals surface area contributed by atoms with E-state index in [0.717, 1.165) is 0 Å². The van der Waals surface area contributed by atoms with Crippen molar-refractivity contribution in [3.05, 3.63) is 56.5 Å². The molecule has 4 nitrogen and oxygen atoms in total. The van der Waals surface area contributed by atoms with Crippen molar-refractivity contribution in [1.82, 2.24) is 0 Å². The van der Waals surface area contributed by atoms with Crippen molar-refractivity contribution in [3.8, 4) is 6.07 Å². The highest BCUT2D eigenvalue weighted by molar-refractivity contribution is 9.10.